The van der Waals surface area contributed by atoms with Gasteiger partial charge >= 0.3 is 0 Å². The monoisotopic (exact) mass is 575 g/mol. The Hall–Kier alpha value is -3.76. The number of carbonyl (C=O) groups excluding carboxylic acids is 2. The zero-order valence-electron chi connectivity index (χ0n) is 24.6. The Bertz CT molecular complexity index is 1670. The van der Waals surface area contributed by atoms with Gasteiger partial charge in [-0.2, -0.15) is 0 Å². The maximum absolute atomic E-state index is 13.3. The number of pyridine rings is 1. The molecule has 0 aliphatic carbocycles. The first-order valence-corrected chi connectivity index (χ1v) is 14.8. The molecule has 41 heavy (non-hydrogen) atoms. The first kappa shape index (κ1) is 28.8. The van der Waals surface area contributed by atoms with Crippen LogP contribution in [-0.2, 0) is 29.1 Å². The number of amides is 2. The topological polar surface area (TPSA) is 91.9 Å². The molecule has 4 heterocycles. The normalized spacial score (nSPS) is 15.2. The van der Waals surface area contributed by atoms with Crippen molar-refractivity contribution >= 4 is 45.5 Å². The molecule has 4 aromatic rings. The fraction of sp³-hybridized carbons (Fsp3) is 0.419. The van der Waals surface area contributed by atoms with E-state index < -0.39 is 5.41 Å². The summed E-state index contributed by atoms with van der Waals surface area (Å²) in [4.78, 5) is 49.8. The molecule has 1 aromatic carbocycles. The van der Waals surface area contributed by atoms with Gasteiger partial charge in [0.2, 0.25) is 11.8 Å². The largest absolute Gasteiger partial charge is 0.464 e. The van der Waals surface area contributed by atoms with Crippen molar-refractivity contribution in [3.05, 3.63) is 74.3 Å². The molecular formula is C31H37N5O4S. The minimum absolute atomic E-state index is 0.0548. The number of fused-ring (bicyclic) bond motifs is 2. The number of carbonyl (C=O) groups is 2. The number of furan rings is 1. The minimum atomic E-state index is -1.14. The van der Waals surface area contributed by atoms with Gasteiger partial charge in [0.05, 0.1) is 29.6 Å². The van der Waals surface area contributed by atoms with Crippen molar-refractivity contribution in [1.29, 1.82) is 0 Å². The molecule has 0 saturated carbocycles. The number of nitrogens with zero attached hydrogens (tertiary/aromatic N) is 5. The lowest BCUT2D eigenvalue weighted by Gasteiger charge is -2.27. The van der Waals surface area contributed by atoms with Gasteiger partial charge in [-0.3, -0.25) is 19.3 Å². The summed E-state index contributed by atoms with van der Waals surface area (Å²) in [6.45, 7) is 12.4. The highest BCUT2D eigenvalue weighted by atomic mass is 32.1. The van der Waals surface area contributed by atoms with Crippen LogP contribution < -0.4 is 15.4 Å². The second-order valence-electron chi connectivity index (χ2n) is 11.2. The molecule has 0 bridgehead atoms. The molecule has 1 aliphatic rings. The van der Waals surface area contributed by atoms with Gasteiger partial charge in [-0.25, -0.2) is 4.98 Å². The molecule has 5 rings (SSSR count). The van der Waals surface area contributed by atoms with Gasteiger partial charge in [0.15, 0.2) is 0 Å². The molecule has 10 heteroatoms. The molecule has 3 aromatic heterocycles. The summed E-state index contributed by atoms with van der Waals surface area (Å²) in [6, 6.07) is 7.74. The van der Waals surface area contributed by atoms with Crippen molar-refractivity contribution in [2.24, 2.45) is 5.41 Å². The van der Waals surface area contributed by atoms with E-state index in [2.05, 4.69) is 15.3 Å². The lowest BCUT2D eigenvalue weighted by Crippen LogP contribution is -2.47. The van der Waals surface area contributed by atoms with Crippen molar-refractivity contribution in [3.8, 4) is 0 Å². The van der Waals surface area contributed by atoms with Crippen molar-refractivity contribution < 1.29 is 14.0 Å². The molecule has 0 saturated heterocycles. The van der Waals surface area contributed by atoms with E-state index in [-0.39, 0.29) is 17.4 Å². The summed E-state index contributed by atoms with van der Waals surface area (Å²) in [5.74, 6) is -0.403. The summed E-state index contributed by atoms with van der Waals surface area (Å²) < 4.78 is 7.25. The van der Waals surface area contributed by atoms with Crippen LogP contribution >= 0.6 is 11.3 Å². The van der Waals surface area contributed by atoms with Crippen LogP contribution in [-0.4, -0.2) is 52.9 Å². The van der Waals surface area contributed by atoms with Crippen molar-refractivity contribution in [2.45, 2.75) is 54.1 Å². The fourth-order valence-corrected chi connectivity index (χ4v) is 6.34. The van der Waals surface area contributed by atoms with E-state index >= 15 is 0 Å². The smallest absolute Gasteiger partial charge is 0.261 e. The van der Waals surface area contributed by atoms with Crippen LogP contribution in [0.2, 0.25) is 0 Å². The van der Waals surface area contributed by atoms with Gasteiger partial charge in [0.1, 0.15) is 16.0 Å². The SMILES string of the molecule is CCN1C(=O)C(C)(C)C(=O)N(C)c2cc(CCN(CCn3cc(C)c4occc4c3=O)Cc3nc(C)cs3)ccc21. The zero-order valence-corrected chi connectivity index (χ0v) is 25.4. The number of hydrogen-bond donors (Lipinski definition) is 0. The molecule has 2 amide bonds. The predicted octanol–water partition coefficient (Wildman–Crippen LogP) is 4.77. The third-order valence-corrected chi connectivity index (χ3v) is 8.84. The quantitative estimate of drug-likeness (QED) is 0.267. The van der Waals surface area contributed by atoms with Crippen LogP contribution in [0.15, 0.2) is 51.3 Å². The summed E-state index contributed by atoms with van der Waals surface area (Å²) in [6.07, 6.45) is 4.15. The lowest BCUT2D eigenvalue weighted by molar-refractivity contribution is -0.137. The Morgan fingerprint density at radius 1 is 1.05 bits per heavy atom. The lowest BCUT2D eigenvalue weighted by atomic mass is 9.90. The summed E-state index contributed by atoms with van der Waals surface area (Å²) in [7, 11) is 1.74. The Balaban J connectivity index is 1.38. The zero-order chi connectivity index (χ0) is 29.5. The third-order valence-electron chi connectivity index (χ3n) is 7.89. The molecule has 0 radical (unpaired) electrons. The summed E-state index contributed by atoms with van der Waals surface area (Å²) >= 11 is 1.64. The number of benzene rings is 1. The number of thiazole rings is 1. The fourth-order valence-electron chi connectivity index (χ4n) is 5.53. The first-order valence-electron chi connectivity index (χ1n) is 13.9. The van der Waals surface area contributed by atoms with E-state index in [0.717, 1.165) is 46.2 Å². The number of aryl methyl sites for hydroxylation is 2. The van der Waals surface area contributed by atoms with E-state index in [4.69, 9.17) is 4.42 Å². The predicted molar refractivity (Wildman–Crippen MR) is 163 cm³/mol. The average molecular weight is 576 g/mol. The summed E-state index contributed by atoms with van der Waals surface area (Å²) in [5.41, 5.74) is 3.94. The Morgan fingerprint density at radius 2 is 1.83 bits per heavy atom. The van der Waals surface area contributed by atoms with Crippen LogP contribution in [0.5, 0.6) is 0 Å². The van der Waals surface area contributed by atoms with Gasteiger partial charge < -0.3 is 18.8 Å². The van der Waals surface area contributed by atoms with E-state index in [1.165, 1.54) is 0 Å². The van der Waals surface area contributed by atoms with E-state index in [1.807, 2.05) is 45.2 Å². The van der Waals surface area contributed by atoms with Gasteiger partial charge in [0, 0.05) is 56.1 Å². The molecule has 0 N–H and O–H groups in total. The molecular weight excluding hydrogens is 538 g/mol. The highest BCUT2D eigenvalue weighted by Gasteiger charge is 2.45. The molecule has 216 valence electrons. The number of anilines is 2. The first-order chi connectivity index (χ1) is 19.5. The van der Waals surface area contributed by atoms with Crippen molar-refractivity contribution in [3.63, 3.8) is 0 Å². The van der Waals surface area contributed by atoms with Crippen LogP contribution in [0.1, 0.15) is 42.6 Å². The number of aromatic nitrogens is 2. The minimum Gasteiger partial charge on any atom is -0.464 e. The van der Waals surface area contributed by atoms with Gasteiger partial charge in [-0.1, -0.05) is 6.07 Å². The molecule has 9 nitrogen and oxygen atoms in total. The van der Waals surface area contributed by atoms with Crippen molar-refractivity contribution in [1.82, 2.24) is 14.5 Å². The van der Waals surface area contributed by atoms with E-state index in [9.17, 15) is 14.4 Å². The standard InChI is InChI=1S/C31H37N5O4S/c1-7-36-24-9-8-22(16-25(24)33(6)29(38)31(4,5)30(36)39)10-12-34(18-26-32-21(3)19-41-26)13-14-35-17-20(2)27-23(28(35)37)11-15-40-27/h8-9,11,15-17,19H,7,10,12-14,18H2,1-6H3. The Morgan fingerprint density at radius 3 is 2.54 bits per heavy atom. The second-order valence-corrected chi connectivity index (χ2v) is 12.2. The second kappa shape index (κ2) is 11.3. The highest BCUT2D eigenvalue weighted by molar-refractivity contribution is 7.09. The number of hydrogen-bond acceptors (Lipinski definition) is 7. The van der Waals surface area contributed by atoms with Crippen LogP contribution in [0.3, 0.4) is 0 Å². The van der Waals surface area contributed by atoms with Crippen LogP contribution in [0.25, 0.3) is 11.0 Å². The van der Waals surface area contributed by atoms with E-state index in [1.54, 1.807) is 58.9 Å². The molecule has 0 atom stereocenters. The van der Waals surface area contributed by atoms with Gasteiger partial charge in [0.25, 0.3) is 5.56 Å². The maximum Gasteiger partial charge on any atom is 0.261 e. The molecule has 1 aliphatic heterocycles. The third kappa shape index (κ3) is 5.46. The number of rotatable bonds is 9. The van der Waals surface area contributed by atoms with Crippen LogP contribution in [0.4, 0.5) is 11.4 Å². The average Bonchev–Trinajstić information content (AvgIpc) is 3.61. The van der Waals surface area contributed by atoms with Crippen molar-refractivity contribution in [2.75, 3.05) is 36.5 Å². The van der Waals surface area contributed by atoms with Gasteiger partial charge in [-0.15, -0.1) is 11.3 Å². The van der Waals surface area contributed by atoms with Gasteiger partial charge in [-0.05, 0) is 64.8 Å². The Labute approximate surface area is 244 Å². The maximum atomic E-state index is 13.3. The molecule has 0 unspecified atom stereocenters. The Kier molecular flexibility index (Phi) is 7.89. The molecule has 0 fully saturated rings. The van der Waals surface area contributed by atoms with Crippen LogP contribution in [0, 0.1) is 19.3 Å². The highest BCUT2D eigenvalue weighted by Crippen LogP contribution is 2.38. The van der Waals surface area contributed by atoms with E-state index in [0.29, 0.717) is 37.1 Å². The molecule has 0 spiro atoms. The summed E-state index contributed by atoms with van der Waals surface area (Å²) in [5, 5.41) is 3.68.